The minimum atomic E-state index is -1.80. The van der Waals surface area contributed by atoms with Crippen LogP contribution < -0.4 is 15.2 Å². The molecule has 31 heavy (non-hydrogen) atoms. The molecule has 9 nitrogen and oxygen atoms in total. The van der Waals surface area contributed by atoms with Crippen LogP contribution in [0.1, 0.15) is 12.8 Å². The van der Waals surface area contributed by atoms with Gasteiger partial charge in [-0.1, -0.05) is 15.9 Å². The highest BCUT2D eigenvalue weighted by Gasteiger charge is 2.58. The van der Waals surface area contributed by atoms with Crippen LogP contribution in [0.15, 0.2) is 51.7 Å². The van der Waals surface area contributed by atoms with Crippen LogP contribution in [-0.4, -0.2) is 38.9 Å². The number of hydrogen-bond donors (Lipinski definition) is 1. The lowest BCUT2D eigenvalue weighted by Crippen LogP contribution is -2.58. The normalized spacial score (nSPS) is 18.9. The number of amides is 1. The smallest absolute Gasteiger partial charge is 0.353 e. The van der Waals surface area contributed by atoms with E-state index in [4.69, 9.17) is 4.74 Å². The molecule has 1 fully saturated rings. The minimum absolute atomic E-state index is 0.00325. The zero-order valence-electron chi connectivity index (χ0n) is 16.2. The first-order chi connectivity index (χ1) is 14.9. The molecule has 1 N–H and O–H groups in total. The number of methoxy groups -OCH3 is 1. The average Bonchev–Trinajstić information content (AvgIpc) is 3.12. The maximum atomic E-state index is 12.9. The number of halogens is 1. The van der Waals surface area contributed by atoms with Crippen LogP contribution in [0.2, 0.25) is 0 Å². The van der Waals surface area contributed by atoms with E-state index in [-0.39, 0.29) is 30.3 Å². The summed E-state index contributed by atoms with van der Waals surface area (Å²) in [5.41, 5.74) is -1.10. The number of carbonyl (C=O) groups is 2. The lowest BCUT2D eigenvalue weighted by Gasteiger charge is -2.41. The average molecular weight is 483 g/mol. The molecule has 0 unspecified atom stereocenters. The van der Waals surface area contributed by atoms with Gasteiger partial charge in [0.05, 0.1) is 12.8 Å². The van der Waals surface area contributed by atoms with Crippen LogP contribution in [0.25, 0.3) is 22.6 Å². The number of hydrogen-bond acceptors (Lipinski definition) is 6. The Morgan fingerprint density at radius 1 is 1.19 bits per heavy atom. The van der Waals surface area contributed by atoms with E-state index in [1.54, 1.807) is 42.5 Å². The Labute approximate surface area is 184 Å². The second-order valence-electron chi connectivity index (χ2n) is 7.24. The lowest BCUT2D eigenvalue weighted by molar-refractivity contribution is -0.148. The van der Waals surface area contributed by atoms with Crippen LogP contribution in [0.5, 0.6) is 5.75 Å². The number of benzene rings is 2. The van der Waals surface area contributed by atoms with Crippen molar-refractivity contribution < 1.29 is 19.4 Å². The summed E-state index contributed by atoms with van der Waals surface area (Å²) < 4.78 is 7.05. The molecule has 0 spiro atoms. The quantitative estimate of drug-likeness (QED) is 0.609. The van der Waals surface area contributed by atoms with Gasteiger partial charge >= 0.3 is 5.97 Å². The number of rotatable bonds is 3. The van der Waals surface area contributed by atoms with Gasteiger partial charge in [-0.3, -0.25) is 14.5 Å². The second kappa shape index (κ2) is 6.74. The Morgan fingerprint density at radius 3 is 2.61 bits per heavy atom. The fourth-order valence-electron chi connectivity index (χ4n) is 4.17. The lowest BCUT2D eigenvalue weighted by atomic mass is 10.00. The third-order valence-corrected chi connectivity index (χ3v) is 6.11. The van der Waals surface area contributed by atoms with Crippen molar-refractivity contribution in [2.45, 2.75) is 18.5 Å². The van der Waals surface area contributed by atoms with E-state index >= 15 is 0 Å². The van der Waals surface area contributed by atoms with E-state index in [0.717, 1.165) is 0 Å². The Kier molecular flexibility index (Phi) is 4.23. The van der Waals surface area contributed by atoms with Gasteiger partial charge in [-0.05, 0) is 42.5 Å². The van der Waals surface area contributed by atoms with Gasteiger partial charge in [-0.15, -0.1) is 0 Å². The number of aliphatic carboxylic acids is 1. The van der Waals surface area contributed by atoms with Crippen LogP contribution >= 0.6 is 15.9 Å². The number of aromatic nitrogens is 3. The summed E-state index contributed by atoms with van der Waals surface area (Å²) in [4.78, 5) is 43.7. The molecule has 0 aliphatic carbocycles. The van der Waals surface area contributed by atoms with Crippen LogP contribution in [0, 0.1) is 0 Å². The number of fused-ring (bicyclic) bond motifs is 6. The Morgan fingerprint density at radius 2 is 1.94 bits per heavy atom. The predicted octanol–water partition coefficient (Wildman–Crippen LogP) is 2.62. The van der Waals surface area contributed by atoms with Gasteiger partial charge in [0, 0.05) is 28.4 Å². The summed E-state index contributed by atoms with van der Waals surface area (Å²) in [5, 5.41) is 14.7. The molecule has 2 aromatic carbocycles. The number of ether oxygens (including phenoxy) is 1. The van der Waals surface area contributed by atoms with Gasteiger partial charge in [0.1, 0.15) is 5.75 Å². The topological polar surface area (TPSA) is 115 Å². The van der Waals surface area contributed by atoms with Crippen molar-refractivity contribution in [2.75, 3.05) is 12.0 Å². The summed E-state index contributed by atoms with van der Waals surface area (Å²) in [7, 11) is 1.53. The highest BCUT2D eigenvalue weighted by atomic mass is 79.9. The first-order valence-corrected chi connectivity index (χ1v) is 10.2. The summed E-state index contributed by atoms with van der Waals surface area (Å²) in [5.74, 6) is -0.870. The van der Waals surface area contributed by atoms with Crippen LogP contribution in [0.4, 0.5) is 5.69 Å². The minimum Gasteiger partial charge on any atom is -0.497 e. The first kappa shape index (κ1) is 19.4. The molecule has 0 radical (unpaired) electrons. The SMILES string of the molecule is COc1ccc(-c2nn3c(nc2=O)-c2cc(Br)ccc2N2C(=O)CC[C@@]23C(=O)O)cc1. The van der Waals surface area contributed by atoms with Gasteiger partial charge in [0.25, 0.3) is 5.56 Å². The van der Waals surface area contributed by atoms with E-state index in [1.165, 1.54) is 16.7 Å². The largest absolute Gasteiger partial charge is 0.497 e. The zero-order chi connectivity index (χ0) is 21.9. The number of anilines is 1. The summed E-state index contributed by atoms with van der Waals surface area (Å²) in [6.07, 6.45) is 0.0379. The van der Waals surface area contributed by atoms with Gasteiger partial charge in [-0.25, -0.2) is 9.48 Å². The standard InChI is InChI=1S/C21H15BrN4O5/c1-31-13-5-2-11(3-6-13)17-19(28)23-18-14-10-12(22)4-7-15(14)25-16(27)8-9-21(25,20(29)30)26(18)24-17/h2-7,10H,8-9H2,1H3,(H,29,30)/t21-/m1/s1. The second-order valence-corrected chi connectivity index (χ2v) is 8.16. The molecule has 0 bridgehead atoms. The monoisotopic (exact) mass is 482 g/mol. The fraction of sp³-hybridized carbons (Fsp3) is 0.190. The molecule has 3 heterocycles. The van der Waals surface area contributed by atoms with E-state index in [1.807, 2.05) is 0 Å². The molecule has 156 valence electrons. The summed E-state index contributed by atoms with van der Waals surface area (Å²) in [6, 6.07) is 11.7. The van der Waals surface area contributed by atoms with Gasteiger partial charge in [0.15, 0.2) is 11.5 Å². The van der Waals surface area contributed by atoms with E-state index in [2.05, 4.69) is 26.0 Å². The van der Waals surface area contributed by atoms with Crippen LogP contribution in [0.3, 0.4) is 0 Å². The molecule has 10 heteroatoms. The molecule has 1 atom stereocenters. The van der Waals surface area contributed by atoms with Gasteiger partial charge in [-0.2, -0.15) is 10.1 Å². The Bertz CT molecular complexity index is 1320. The van der Waals surface area contributed by atoms with Crippen LogP contribution in [-0.2, 0) is 15.3 Å². The molecular formula is C21H15BrN4O5. The Balaban J connectivity index is 1.84. The fourth-order valence-corrected chi connectivity index (χ4v) is 4.53. The number of carboxylic acid groups (broad SMARTS) is 1. The molecule has 1 aromatic heterocycles. The maximum Gasteiger partial charge on any atom is 0.353 e. The highest BCUT2D eigenvalue weighted by molar-refractivity contribution is 9.10. The zero-order valence-corrected chi connectivity index (χ0v) is 17.8. The summed E-state index contributed by atoms with van der Waals surface area (Å²) in [6.45, 7) is 0. The van der Waals surface area contributed by atoms with Crippen molar-refractivity contribution in [3.05, 3.63) is 57.3 Å². The molecule has 2 aliphatic rings. The molecule has 5 rings (SSSR count). The number of carboxylic acids is 1. The highest BCUT2D eigenvalue weighted by Crippen LogP contribution is 2.48. The van der Waals surface area contributed by atoms with Crippen molar-refractivity contribution in [1.82, 2.24) is 14.8 Å². The molecule has 0 saturated carbocycles. The number of nitrogens with zero attached hydrogens (tertiary/aromatic N) is 4. The third kappa shape index (κ3) is 2.64. The molecule has 3 aromatic rings. The molecular weight excluding hydrogens is 468 g/mol. The molecule has 1 amide bonds. The number of carbonyl (C=O) groups excluding carboxylic acids is 1. The predicted molar refractivity (Wildman–Crippen MR) is 114 cm³/mol. The van der Waals surface area contributed by atoms with Crippen molar-refractivity contribution in [3.8, 4) is 28.4 Å². The third-order valence-electron chi connectivity index (χ3n) is 5.61. The van der Waals surface area contributed by atoms with Gasteiger partial charge < -0.3 is 9.84 Å². The van der Waals surface area contributed by atoms with E-state index in [0.29, 0.717) is 27.0 Å². The van der Waals surface area contributed by atoms with Crippen molar-refractivity contribution in [3.63, 3.8) is 0 Å². The first-order valence-electron chi connectivity index (χ1n) is 9.39. The van der Waals surface area contributed by atoms with Crippen molar-refractivity contribution >= 4 is 33.5 Å². The van der Waals surface area contributed by atoms with Gasteiger partial charge in [0.2, 0.25) is 11.6 Å². The summed E-state index contributed by atoms with van der Waals surface area (Å²) >= 11 is 3.39. The maximum absolute atomic E-state index is 12.9. The van der Waals surface area contributed by atoms with Crippen molar-refractivity contribution in [1.29, 1.82) is 0 Å². The molecule has 2 aliphatic heterocycles. The van der Waals surface area contributed by atoms with E-state index < -0.39 is 17.2 Å². The molecule has 1 saturated heterocycles. The Hall–Kier alpha value is -3.53. The van der Waals surface area contributed by atoms with E-state index in [9.17, 15) is 19.5 Å². The van der Waals surface area contributed by atoms with Crippen molar-refractivity contribution in [2.24, 2.45) is 0 Å².